The molecule has 0 saturated carbocycles. The van der Waals surface area contributed by atoms with Crippen LogP contribution < -0.4 is 5.56 Å². The van der Waals surface area contributed by atoms with Crippen LogP contribution in [0.4, 0.5) is 0 Å². The predicted molar refractivity (Wildman–Crippen MR) is 59.1 cm³/mol. The second-order valence-electron chi connectivity index (χ2n) is 3.11. The van der Waals surface area contributed by atoms with E-state index in [4.69, 9.17) is 27.7 Å². The highest BCUT2D eigenvalue weighted by atomic mass is 35.5. The lowest BCUT2D eigenvalue weighted by atomic mass is 10.3. The minimum absolute atomic E-state index is 0.245. The molecule has 0 aliphatic heterocycles. The maximum absolute atomic E-state index is 11.4. The summed E-state index contributed by atoms with van der Waals surface area (Å²) in [5, 5.41) is 0.914. The van der Waals surface area contributed by atoms with E-state index in [-0.39, 0.29) is 5.56 Å². The Morgan fingerprint density at radius 3 is 2.20 bits per heavy atom. The van der Waals surface area contributed by atoms with Gasteiger partial charge in [-0.2, -0.15) is 0 Å². The van der Waals surface area contributed by atoms with E-state index in [1.807, 2.05) is 0 Å². The zero-order valence-electron chi connectivity index (χ0n) is 7.83. The highest BCUT2D eigenvalue weighted by molar-refractivity contribution is 6.34. The SMILES string of the molecule is Cc1cc(=O)n(-c2cc(Cl)cc(Cl)c2)o1. The van der Waals surface area contributed by atoms with Crippen LogP contribution in [0.3, 0.4) is 0 Å². The van der Waals surface area contributed by atoms with E-state index >= 15 is 0 Å². The van der Waals surface area contributed by atoms with Gasteiger partial charge in [0.15, 0.2) is 0 Å². The first kappa shape index (κ1) is 10.3. The van der Waals surface area contributed by atoms with Crippen molar-refractivity contribution in [3.8, 4) is 5.69 Å². The van der Waals surface area contributed by atoms with Crippen molar-refractivity contribution in [2.45, 2.75) is 6.92 Å². The van der Waals surface area contributed by atoms with Gasteiger partial charge in [-0.25, -0.2) is 0 Å². The molecule has 78 valence electrons. The molecule has 0 atom stereocenters. The van der Waals surface area contributed by atoms with Gasteiger partial charge in [-0.05, 0) is 25.1 Å². The maximum Gasteiger partial charge on any atom is 0.287 e. The van der Waals surface area contributed by atoms with Crippen LogP contribution in [-0.2, 0) is 0 Å². The van der Waals surface area contributed by atoms with Crippen molar-refractivity contribution in [1.82, 2.24) is 4.74 Å². The summed E-state index contributed by atoms with van der Waals surface area (Å²) in [5.41, 5.74) is 0.274. The molecule has 1 aromatic heterocycles. The summed E-state index contributed by atoms with van der Waals surface area (Å²) in [6.45, 7) is 1.70. The fourth-order valence-electron chi connectivity index (χ4n) is 1.28. The van der Waals surface area contributed by atoms with Gasteiger partial charge in [0, 0.05) is 16.1 Å². The molecule has 0 aliphatic rings. The Bertz CT molecular complexity index is 537. The molecule has 1 heterocycles. The van der Waals surface area contributed by atoms with Crippen molar-refractivity contribution < 1.29 is 4.52 Å². The molecule has 0 saturated heterocycles. The third-order valence-corrected chi connectivity index (χ3v) is 2.28. The molecule has 0 spiro atoms. The molecule has 0 N–H and O–H groups in total. The predicted octanol–water partition coefficient (Wildman–Crippen LogP) is 3.05. The van der Waals surface area contributed by atoms with Crippen LogP contribution in [0.1, 0.15) is 5.76 Å². The third-order valence-electron chi connectivity index (χ3n) is 1.84. The summed E-state index contributed by atoms with van der Waals surface area (Å²) < 4.78 is 6.34. The van der Waals surface area contributed by atoms with E-state index in [1.54, 1.807) is 25.1 Å². The zero-order chi connectivity index (χ0) is 11.0. The van der Waals surface area contributed by atoms with Crippen molar-refractivity contribution >= 4 is 23.2 Å². The summed E-state index contributed by atoms with van der Waals surface area (Å²) in [4.78, 5) is 11.4. The molecule has 0 amide bonds. The minimum Gasteiger partial charge on any atom is -0.376 e. The van der Waals surface area contributed by atoms with Crippen LogP contribution in [0.25, 0.3) is 5.69 Å². The van der Waals surface area contributed by atoms with Gasteiger partial charge < -0.3 is 4.52 Å². The van der Waals surface area contributed by atoms with Gasteiger partial charge in [0.1, 0.15) is 5.76 Å². The standard InChI is InChI=1S/C10H7Cl2NO2/c1-6-2-10(14)13(15-6)9-4-7(11)3-8(12)5-9/h2-5H,1H3. The first-order valence-corrected chi connectivity index (χ1v) is 4.98. The van der Waals surface area contributed by atoms with Crippen LogP contribution >= 0.6 is 23.2 Å². The van der Waals surface area contributed by atoms with E-state index in [2.05, 4.69) is 0 Å². The number of nitrogens with zero attached hydrogens (tertiary/aromatic N) is 1. The van der Waals surface area contributed by atoms with Gasteiger partial charge in [0.2, 0.25) is 0 Å². The molecule has 2 aromatic rings. The number of benzene rings is 1. The fraction of sp³-hybridized carbons (Fsp3) is 0.100. The Labute approximate surface area is 95.8 Å². The lowest BCUT2D eigenvalue weighted by molar-refractivity contribution is 0.322. The molecule has 15 heavy (non-hydrogen) atoms. The molecule has 1 aromatic carbocycles. The summed E-state index contributed by atoms with van der Waals surface area (Å²) in [7, 11) is 0. The number of rotatable bonds is 1. The zero-order valence-corrected chi connectivity index (χ0v) is 9.34. The molecule has 0 aliphatic carbocycles. The van der Waals surface area contributed by atoms with E-state index in [0.29, 0.717) is 21.5 Å². The molecular formula is C10H7Cl2NO2. The molecule has 0 radical (unpaired) electrons. The Kier molecular flexibility index (Phi) is 2.59. The van der Waals surface area contributed by atoms with E-state index in [1.165, 1.54) is 6.07 Å². The van der Waals surface area contributed by atoms with Crippen molar-refractivity contribution in [2.75, 3.05) is 0 Å². The van der Waals surface area contributed by atoms with Crippen molar-refractivity contribution in [3.63, 3.8) is 0 Å². The highest BCUT2D eigenvalue weighted by Crippen LogP contribution is 2.21. The summed E-state index contributed by atoms with van der Waals surface area (Å²) in [6, 6.07) is 6.21. The van der Waals surface area contributed by atoms with Crippen LogP contribution in [0, 0.1) is 6.92 Å². The largest absolute Gasteiger partial charge is 0.376 e. The van der Waals surface area contributed by atoms with Gasteiger partial charge in [-0.15, -0.1) is 4.74 Å². The monoisotopic (exact) mass is 243 g/mol. The number of aromatic nitrogens is 1. The molecular weight excluding hydrogens is 237 g/mol. The fourth-order valence-corrected chi connectivity index (χ4v) is 1.80. The van der Waals surface area contributed by atoms with Crippen molar-refractivity contribution in [1.29, 1.82) is 0 Å². The molecule has 3 nitrogen and oxygen atoms in total. The molecule has 0 unspecified atom stereocenters. The smallest absolute Gasteiger partial charge is 0.287 e. The molecule has 0 bridgehead atoms. The normalized spacial score (nSPS) is 10.6. The van der Waals surface area contributed by atoms with Crippen LogP contribution in [0.15, 0.2) is 33.6 Å². The average Bonchev–Trinajstić information content (AvgIpc) is 2.43. The number of aryl methyl sites for hydroxylation is 1. The lowest BCUT2D eigenvalue weighted by Gasteiger charge is -2.01. The molecule has 0 fully saturated rings. The quantitative estimate of drug-likeness (QED) is 0.772. The first-order chi connectivity index (χ1) is 7.06. The van der Waals surface area contributed by atoms with Crippen LogP contribution in [0.5, 0.6) is 0 Å². The van der Waals surface area contributed by atoms with Crippen molar-refractivity contribution in [2.24, 2.45) is 0 Å². The highest BCUT2D eigenvalue weighted by Gasteiger charge is 2.06. The number of halogens is 2. The third kappa shape index (κ3) is 2.08. The summed E-state index contributed by atoms with van der Waals surface area (Å²) in [5.74, 6) is 0.538. The van der Waals surface area contributed by atoms with Gasteiger partial charge >= 0.3 is 0 Å². The van der Waals surface area contributed by atoms with Gasteiger partial charge in [-0.3, -0.25) is 4.79 Å². The molecule has 5 heteroatoms. The molecule has 2 rings (SSSR count). The second-order valence-corrected chi connectivity index (χ2v) is 3.98. The minimum atomic E-state index is -0.245. The van der Waals surface area contributed by atoms with Gasteiger partial charge in [0.05, 0.1) is 5.69 Å². The summed E-state index contributed by atoms with van der Waals surface area (Å²) in [6.07, 6.45) is 0. The topological polar surface area (TPSA) is 35.1 Å². The maximum atomic E-state index is 11.4. The van der Waals surface area contributed by atoms with E-state index in [0.717, 1.165) is 4.74 Å². The Hall–Kier alpha value is -1.19. The average molecular weight is 244 g/mol. The van der Waals surface area contributed by atoms with E-state index < -0.39 is 0 Å². The van der Waals surface area contributed by atoms with Gasteiger partial charge in [-0.1, -0.05) is 23.2 Å². The Morgan fingerprint density at radius 2 is 1.73 bits per heavy atom. The van der Waals surface area contributed by atoms with Crippen molar-refractivity contribution in [3.05, 3.63) is 50.4 Å². The second kappa shape index (κ2) is 3.76. The van der Waals surface area contributed by atoms with E-state index in [9.17, 15) is 4.79 Å². The van der Waals surface area contributed by atoms with Crippen LogP contribution in [-0.4, -0.2) is 4.74 Å². The number of hydrogen-bond acceptors (Lipinski definition) is 2. The Morgan fingerprint density at radius 1 is 1.13 bits per heavy atom. The van der Waals surface area contributed by atoms with Gasteiger partial charge in [0.25, 0.3) is 5.56 Å². The lowest BCUT2D eigenvalue weighted by Crippen LogP contribution is -2.10. The Balaban J connectivity index is 2.63. The summed E-state index contributed by atoms with van der Waals surface area (Å²) >= 11 is 11.6. The first-order valence-electron chi connectivity index (χ1n) is 4.23. The van der Waals surface area contributed by atoms with Crippen LogP contribution in [0.2, 0.25) is 10.0 Å². The number of hydrogen-bond donors (Lipinski definition) is 0.